The van der Waals surface area contributed by atoms with E-state index >= 15 is 0 Å². The van der Waals surface area contributed by atoms with Gasteiger partial charge in [0.05, 0.1) is 17.4 Å². The molecule has 19 heavy (non-hydrogen) atoms. The van der Waals surface area contributed by atoms with Crippen LogP contribution in [0, 0.1) is 0 Å². The van der Waals surface area contributed by atoms with Gasteiger partial charge in [0.2, 0.25) is 0 Å². The fraction of sp³-hybridized carbons (Fsp3) is 0.400. The van der Waals surface area contributed by atoms with Crippen molar-refractivity contribution in [2.75, 3.05) is 12.3 Å². The highest BCUT2D eigenvalue weighted by Crippen LogP contribution is 2.34. The van der Waals surface area contributed by atoms with Gasteiger partial charge in [-0.05, 0) is 15.9 Å². The number of nitrogen functional groups attached to an aromatic ring is 1. The van der Waals surface area contributed by atoms with Gasteiger partial charge < -0.3 is 20.7 Å². The zero-order valence-electron chi connectivity index (χ0n) is 9.53. The number of nitrogens with zero attached hydrogens (tertiary/aromatic N) is 2. The van der Waals surface area contributed by atoms with Crippen LogP contribution >= 0.6 is 15.9 Å². The molecule has 4 N–H and O–H groups in total. The second-order valence-electron chi connectivity index (χ2n) is 3.93. The molecule has 9 heteroatoms. The number of nitrogens with two attached hydrogens (primary N) is 1. The molecular weight excluding hydrogens is 325 g/mol. The van der Waals surface area contributed by atoms with Gasteiger partial charge in [-0.25, -0.2) is 9.18 Å². The lowest BCUT2D eigenvalue weighted by Gasteiger charge is -2.15. The Morgan fingerprint density at radius 2 is 2.37 bits per heavy atom. The van der Waals surface area contributed by atoms with Crippen molar-refractivity contribution in [1.29, 1.82) is 0 Å². The van der Waals surface area contributed by atoms with Crippen molar-refractivity contribution < 1.29 is 19.3 Å². The average molecular weight is 336 g/mol. The van der Waals surface area contributed by atoms with Crippen LogP contribution in [0.15, 0.2) is 27.4 Å². The standard InChI is InChI=1S/C10H11BrFN3O4/c11-5-2-15(10(18)14-8(5)13)9-4(1-12)7(17)6(3-16)19-9/h1-2,6-7,9,16-17H,3H2,(H2,13,14,18)/b4-1+. The lowest BCUT2D eigenvalue weighted by Crippen LogP contribution is -2.28. The SMILES string of the molecule is Nc1nc(=O)n(C2OC(CO)C(O)/C2=C\F)cc1Br. The first-order valence-electron chi connectivity index (χ1n) is 5.28. The van der Waals surface area contributed by atoms with Crippen LogP contribution in [0.5, 0.6) is 0 Å². The molecule has 0 aliphatic carbocycles. The Bertz CT molecular complexity index is 576. The summed E-state index contributed by atoms with van der Waals surface area (Å²) in [5, 5.41) is 18.7. The lowest BCUT2D eigenvalue weighted by atomic mass is 10.1. The van der Waals surface area contributed by atoms with Gasteiger partial charge in [-0.15, -0.1) is 0 Å². The molecule has 1 aliphatic heterocycles. The molecular formula is C10H11BrFN3O4. The Labute approximate surface area is 115 Å². The van der Waals surface area contributed by atoms with Crippen LogP contribution < -0.4 is 11.4 Å². The van der Waals surface area contributed by atoms with E-state index in [0.29, 0.717) is 4.47 Å². The summed E-state index contributed by atoms with van der Waals surface area (Å²) in [4.78, 5) is 15.2. The van der Waals surface area contributed by atoms with Crippen molar-refractivity contribution in [3.63, 3.8) is 0 Å². The molecule has 7 nitrogen and oxygen atoms in total. The third-order valence-electron chi connectivity index (χ3n) is 2.78. The zero-order chi connectivity index (χ0) is 14.2. The summed E-state index contributed by atoms with van der Waals surface area (Å²) in [6.07, 6.45) is -2.07. The predicted molar refractivity (Wildman–Crippen MR) is 66.8 cm³/mol. The first kappa shape index (κ1) is 14.1. The molecule has 1 fully saturated rings. The summed E-state index contributed by atoms with van der Waals surface area (Å²) in [6.45, 7) is -0.507. The predicted octanol–water partition coefficient (Wildman–Crippen LogP) is -0.308. The number of hydrogen-bond donors (Lipinski definition) is 3. The molecule has 1 aromatic rings. The molecule has 0 radical (unpaired) electrons. The maximum absolute atomic E-state index is 12.8. The normalized spacial score (nSPS) is 29.1. The van der Waals surface area contributed by atoms with Gasteiger partial charge in [-0.2, -0.15) is 4.98 Å². The lowest BCUT2D eigenvalue weighted by molar-refractivity contribution is -0.0448. The molecule has 1 saturated heterocycles. The van der Waals surface area contributed by atoms with Gasteiger partial charge in [-0.3, -0.25) is 4.57 Å². The Morgan fingerprint density at radius 1 is 1.68 bits per heavy atom. The number of ether oxygens (including phenoxy) is 1. The van der Waals surface area contributed by atoms with E-state index < -0.39 is 30.7 Å². The van der Waals surface area contributed by atoms with Crippen LogP contribution in [-0.4, -0.2) is 38.6 Å². The summed E-state index contributed by atoms with van der Waals surface area (Å²) in [7, 11) is 0. The minimum atomic E-state index is -1.33. The van der Waals surface area contributed by atoms with Crippen LogP contribution in [0.3, 0.4) is 0 Å². The summed E-state index contributed by atoms with van der Waals surface area (Å²) < 4.78 is 19.4. The van der Waals surface area contributed by atoms with E-state index in [1.54, 1.807) is 0 Å². The number of halogens is 2. The first-order valence-corrected chi connectivity index (χ1v) is 6.07. The topological polar surface area (TPSA) is 111 Å². The van der Waals surface area contributed by atoms with Crippen LogP contribution in [-0.2, 0) is 4.74 Å². The van der Waals surface area contributed by atoms with Crippen molar-refractivity contribution >= 4 is 21.7 Å². The summed E-state index contributed by atoms with van der Waals surface area (Å²) in [5.74, 6) is -0.00992. The van der Waals surface area contributed by atoms with Crippen molar-refractivity contribution in [3.05, 3.63) is 33.1 Å². The van der Waals surface area contributed by atoms with Gasteiger partial charge in [0, 0.05) is 11.8 Å². The Hall–Kier alpha value is -1.29. The quantitative estimate of drug-likeness (QED) is 0.683. The number of aromatic nitrogens is 2. The maximum Gasteiger partial charge on any atom is 0.351 e. The Kier molecular flexibility index (Phi) is 3.99. The molecule has 0 amide bonds. The molecule has 0 bridgehead atoms. The summed E-state index contributed by atoms with van der Waals surface area (Å²) >= 11 is 3.09. The number of rotatable bonds is 2. The van der Waals surface area contributed by atoms with Crippen LogP contribution in [0.4, 0.5) is 10.2 Å². The third-order valence-corrected chi connectivity index (χ3v) is 3.39. The molecule has 1 aliphatic rings. The highest BCUT2D eigenvalue weighted by atomic mass is 79.9. The van der Waals surface area contributed by atoms with E-state index in [4.69, 9.17) is 15.6 Å². The number of aliphatic hydroxyl groups excluding tert-OH is 2. The van der Waals surface area contributed by atoms with Crippen molar-refractivity contribution in [2.24, 2.45) is 0 Å². The minimum absolute atomic E-state index is 0.00992. The fourth-order valence-electron chi connectivity index (χ4n) is 1.79. The van der Waals surface area contributed by atoms with Crippen LogP contribution in [0.25, 0.3) is 0 Å². The van der Waals surface area contributed by atoms with Crippen molar-refractivity contribution in [1.82, 2.24) is 9.55 Å². The summed E-state index contributed by atoms with van der Waals surface area (Å²) in [5.41, 5.74) is 4.53. The zero-order valence-corrected chi connectivity index (χ0v) is 11.1. The smallest absolute Gasteiger partial charge is 0.351 e. The van der Waals surface area contributed by atoms with Gasteiger partial charge in [-0.1, -0.05) is 0 Å². The van der Waals surface area contributed by atoms with Gasteiger partial charge in [0.1, 0.15) is 18.0 Å². The number of aliphatic hydroxyl groups is 2. The van der Waals surface area contributed by atoms with E-state index in [0.717, 1.165) is 4.57 Å². The molecule has 0 saturated carbocycles. The largest absolute Gasteiger partial charge is 0.394 e. The van der Waals surface area contributed by atoms with Crippen LogP contribution in [0.2, 0.25) is 0 Å². The third kappa shape index (κ3) is 2.41. The highest BCUT2D eigenvalue weighted by Gasteiger charge is 2.40. The minimum Gasteiger partial charge on any atom is -0.394 e. The second kappa shape index (κ2) is 5.37. The molecule has 0 aromatic carbocycles. The monoisotopic (exact) mass is 335 g/mol. The van der Waals surface area contributed by atoms with E-state index in [9.17, 15) is 14.3 Å². The van der Waals surface area contributed by atoms with E-state index in [1.165, 1.54) is 6.20 Å². The van der Waals surface area contributed by atoms with E-state index in [-0.39, 0.29) is 17.7 Å². The van der Waals surface area contributed by atoms with E-state index in [1.807, 2.05) is 0 Å². The Balaban J connectivity index is 2.47. The molecule has 0 spiro atoms. The fourth-order valence-corrected chi connectivity index (χ4v) is 2.10. The van der Waals surface area contributed by atoms with Crippen LogP contribution in [0.1, 0.15) is 6.23 Å². The molecule has 2 rings (SSSR count). The molecule has 1 aromatic heterocycles. The van der Waals surface area contributed by atoms with Crippen molar-refractivity contribution in [2.45, 2.75) is 18.4 Å². The first-order chi connectivity index (χ1) is 8.99. The maximum atomic E-state index is 12.8. The van der Waals surface area contributed by atoms with Gasteiger partial charge >= 0.3 is 5.69 Å². The molecule has 3 unspecified atom stereocenters. The second-order valence-corrected chi connectivity index (χ2v) is 4.78. The summed E-state index contributed by atoms with van der Waals surface area (Å²) in [6, 6.07) is 0. The molecule has 3 atom stereocenters. The average Bonchev–Trinajstić information content (AvgIpc) is 2.70. The van der Waals surface area contributed by atoms with E-state index in [2.05, 4.69) is 20.9 Å². The number of hydrogen-bond acceptors (Lipinski definition) is 6. The van der Waals surface area contributed by atoms with Crippen molar-refractivity contribution in [3.8, 4) is 0 Å². The molecule has 2 heterocycles. The Morgan fingerprint density at radius 3 is 2.95 bits per heavy atom. The van der Waals surface area contributed by atoms with Gasteiger partial charge in [0.15, 0.2) is 6.23 Å². The highest BCUT2D eigenvalue weighted by molar-refractivity contribution is 9.10. The molecule has 104 valence electrons. The van der Waals surface area contributed by atoms with Gasteiger partial charge in [0.25, 0.3) is 0 Å². The number of anilines is 1.